The molecule has 6 heteroatoms. The Kier molecular flexibility index (Phi) is 18.4. The van der Waals surface area contributed by atoms with Crippen molar-refractivity contribution in [1.29, 1.82) is 0 Å². The lowest BCUT2D eigenvalue weighted by molar-refractivity contribution is -0.870. The van der Waals surface area contributed by atoms with Crippen LogP contribution in [0.4, 0.5) is 0 Å². The van der Waals surface area contributed by atoms with Gasteiger partial charge in [0.1, 0.15) is 13.2 Å². The normalized spacial score (nSPS) is 14.5. The molecule has 0 aliphatic carbocycles. The van der Waals surface area contributed by atoms with Crippen molar-refractivity contribution in [1.82, 2.24) is 0 Å². The van der Waals surface area contributed by atoms with Crippen LogP contribution in [-0.4, -0.2) is 45.4 Å². The smallest absolute Gasteiger partial charge is 0.268 e. The van der Waals surface area contributed by atoms with Crippen LogP contribution in [0.5, 0.6) is 0 Å². The van der Waals surface area contributed by atoms with Crippen molar-refractivity contribution in [3.8, 4) is 0 Å². The van der Waals surface area contributed by atoms with Crippen molar-refractivity contribution in [3.63, 3.8) is 0 Å². The number of hydrogen-bond acceptors (Lipinski definition) is 4. The second-order valence-electron chi connectivity index (χ2n) is 9.09. The van der Waals surface area contributed by atoms with Crippen LogP contribution in [0.15, 0.2) is 12.2 Å². The molecule has 5 nitrogen and oxygen atoms in total. The van der Waals surface area contributed by atoms with Gasteiger partial charge in [-0.25, -0.2) is 0 Å². The van der Waals surface area contributed by atoms with Gasteiger partial charge in [-0.1, -0.05) is 96.1 Å². The zero-order chi connectivity index (χ0) is 21.8. The van der Waals surface area contributed by atoms with Crippen LogP contribution >= 0.6 is 7.82 Å². The summed E-state index contributed by atoms with van der Waals surface area (Å²) in [6.07, 6.45) is 22.3. The van der Waals surface area contributed by atoms with Crippen molar-refractivity contribution in [2.24, 2.45) is 0 Å². The van der Waals surface area contributed by atoms with E-state index < -0.39 is 7.82 Å². The summed E-state index contributed by atoms with van der Waals surface area (Å²) in [6.45, 7) is 3.09. The van der Waals surface area contributed by atoms with Crippen molar-refractivity contribution in [3.05, 3.63) is 12.2 Å². The number of quaternary nitrogens is 1. The van der Waals surface area contributed by atoms with Gasteiger partial charge in [-0.15, -0.1) is 0 Å². The summed E-state index contributed by atoms with van der Waals surface area (Å²) in [5.41, 5.74) is 0. The van der Waals surface area contributed by atoms with E-state index >= 15 is 0 Å². The van der Waals surface area contributed by atoms with Crippen LogP contribution in [0.25, 0.3) is 0 Å². The summed E-state index contributed by atoms with van der Waals surface area (Å²) < 4.78 is 22.0. The average Bonchev–Trinajstić information content (AvgIpc) is 2.63. The van der Waals surface area contributed by atoms with E-state index in [1.807, 2.05) is 27.2 Å². The monoisotopic (exact) mass is 433 g/mol. The number of phosphoric ester groups is 1. The summed E-state index contributed by atoms with van der Waals surface area (Å²) in [5.74, 6) is 0. The van der Waals surface area contributed by atoms with Gasteiger partial charge in [-0.3, -0.25) is 4.57 Å². The third-order valence-corrected chi connectivity index (χ3v) is 5.95. The molecular weight excluding hydrogens is 385 g/mol. The Bertz CT molecular complexity index is 435. The fraction of sp³-hybridized carbons (Fsp3) is 0.913. The molecule has 0 saturated heterocycles. The first-order valence-corrected chi connectivity index (χ1v) is 13.3. The third kappa shape index (κ3) is 24.0. The maximum Gasteiger partial charge on any atom is 0.268 e. The Morgan fingerprint density at radius 3 is 1.72 bits per heavy atom. The summed E-state index contributed by atoms with van der Waals surface area (Å²) >= 11 is 0. The van der Waals surface area contributed by atoms with Gasteiger partial charge in [-0.05, 0) is 12.8 Å². The van der Waals surface area contributed by atoms with E-state index in [0.717, 1.165) is 12.8 Å². The fourth-order valence-electron chi connectivity index (χ4n) is 3.06. The molecule has 0 aromatic carbocycles. The highest BCUT2D eigenvalue weighted by Gasteiger charge is 2.12. The second-order valence-corrected chi connectivity index (χ2v) is 10.5. The second kappa shape index (κ2) is 18.6. The predicted molar refractivity (Wildman–Crippen MR) is 122 cm³/mol. The zero-order valence-corrected chi connectivity index (χ0v) is 20.6. The van der Waals surface area contributed by atoms with Gasteiger partial charge in [0.25, 0.3) is 7.82 Å². The molecule has 1 unspecified atom stereocenters. The minimum Gasteiger partial charge on any atom is -0.756 e. The summed E-state index contributed by atoms with van der Waals surface area (Å²) in [7, 11) is 1.78. The highest BCUT2D eigenvalue weighted by Crippen LogP contribution is 2.37. The number of hydrogen-bond donors (Lipinski definition) is 0. The minimum absolute atomic E-state index is 0.0591. The number of likely N-dealkylation sites (N-methyl/N-ethyl adjacent to an activating group) is 1. The minimum atomic E-state index is -4.18. The summed E-state index contributed by atoms with van der Waals surface area (Å²) in [6, 6.07) is 0. The van der Waals surface area contributed by atoms with Crippen molar-refractivity contribution >= 4 is 7.82 Å². The lowest BCUT2D eigenvalue weighted by Crippen LogP contribution is -2.37. The van der Waals surface area contributed by atoms with Crippen LogP contribution in [0.1, 0.15) is 96.8 Å². The molecule has 0 aromatic rings. The van der Waals surface area contributed by atoms with Gasteiger partial charge in [-0.2, -0.15) is 0 Å². The Morgan fingerprint density at radius 2 is 1.24 bits per heavy atom. The lowest BCUT2D eigenvalue weighted by Gasteiger charge is -2.26. The first-order valence-electron chi connectivity index (χ1n) is 11.8. The molecule has 0 amide bonds. The van der Waals surface area contributed by atoms with E-state index in [-0.39, 0.29) is 13.2 Å². The van der Waals surface area contributed by atoms with Crippen LogP contribution in [0.3, 0.4) is 0 Å². The van der Waals surface area contributed by atoms with Crippen LogP contribution in [-0.2, 0) is 13.6 Å². The quantitative estimate of drug-likeness (QED) is 0.0931. The highest BCUT2D eigenvalue weighted by molar-refractivity contribution is 7.45. The van der Waals surface area contributed by atoms with E-state index in [1.165, 1.54) is 77.0 Å². The highest BCUT2D eigenvalue weighted by atomic mass is 31.2. The van der Waals surface area contributed by atoms with Gasteiger partial charge >= 0.3 is 0 Å². The fourth-order valence-corrected chi connectivity index (χ4v) is 3.71. The molecule has 0 aliphatic rings. The maximum absolute atomic E-state index is 11.6. The molecule has 0 rings (SSSR count). The first kappa shape index (κ1) is 28.8. The van der Waals surface area contributed by atoms with Crippen LogP contribution in [0, 0.1) is 0 Å². The number of nitrogens with zero attached hydrogens (tertiary/aromatic N) is 1. The van der Waals surface area contributed by atoms with E-state index in [9.17, 15) is 9.46 Å². The SMILES string of the molecule is CCCCCCCCCCCCCCC/C=C/COP(=O)([O-])OCC[N+](C)(C)C. The van der Waals surface area contributed by atoms with E-state index in [4.69, 9.17) is 9.05 Å². The average molecular weight is 434 g/mol. The van der Waals surface area contributed by atoms with E-state index in [0.29, 0.717) is 11.0 Å². The van der Waals surface area contributed by atoms with Gasteiger partial charge in [0.05, 0.1) is 27.7 Å². The largest absolute Gasteiger partial charge is 0.756 e. The van der Waals surface area contributed by atoms with Crippen molar-refractivity contribution in [2.45, 2.75) is 96.8 Å². The van der Waals surface area contributed by atoms with Crippen molar-refractivity contribution < 1.29 is 23.0 Å². The summed E-state index contributed by atoms with van der Waals surface area (Å²) in [4.78, 5) is 11.6. The molecule has 0 radical (unpaired) electrons. The van der Waals surface area contributed by atoms with Crippen LogP contribution in [0.2, 0.25) is 0 Å². The molecule has 0 spiro atoms. The number of phosphoric acid groups is 1. The number of allylic oxidation sites excluding steroid dienone is 1. The molecule has 0 fully saturated rings. The maximum atomic E-state index is 11.6. The molecule has 174 valence electrons. The van der Waals surface area contributed by atoms with E-state index in [1.54, 1.807) is 6.08 Å². The molecule has 0 N–H and O–H groups in total. The van der Waals surface area contributed by atoms with Gasteiger partial charge < -0.3 is 18.4 Å². The Labute approximate surface area is 181 Å². The van der Waals surface area contributed by atoms with Crippen LogP contribution < -0.4 is 4.89 Å². The predicted octanol–water partition coefficient (Wildman–Crippen LogP) is 6.23. The Balaban J connectivity index is 3.38. The molecule has 0 aromatic heterocycles. The van der Waals surface area contributed by atoms with Gasteiger partial charge in [0.15, 0.2) is 0 Å². The lowest BCUT2D eigenvalue weighted by atomic mass is 10.0. The Morgan fingerprint density at radius 1 is 0.759 bits per heavy atom. The molecular formula is C23H48NO4P. The molecule has 0 bridgehead atoms. The number of rotatable bonds is 21. The molecule has 0 heterocycles. The van der Waals surface area contributed by atoms with Crippen molar-refractivity contribution in [2.75, 3.05) is 40.9 Å². The van der Waals surface area contributed by atoms with Gasteiger partial charge in [0.2, 0.25) is 0 Å². The molecule has 0 aliphatic heterocycles. The molecule has 1 atom stereocenters. The molecule has 29 heavy (non-hydrogen) atoms. The standard InChI is InChI=1S/C23H48NO4P/c1-5-6-7-8-9-10-11-12-13-14-15-16-17-18-19-20-22-27-29(25,26)28-23-21-24(2,3)4/h19-20H,5-18,21-23H2,1-4H3/b20-19+. The zero-order valence-electron chi connectivity index (χ0n) is 19.7. The topological polar surface area (TPSA) is 58.6 Å². The summed E-state index contributed by atoms with van der Waals surface area (Å²) in [5, 5.41) is 0. The van der Waals surface area contributed by atoms with E-state index in [2.05, 4.69) is 6.92 Å². The third-order valence-electron chi connectivity index (χ3n) is 4.98. The Hall–Kier alpha value is -0.190. The number of unbranched alkanes of at least 4 members (excludes halogenated alkanes) is 13. The first-order chi connectivity index (χ1) is 13.8. The van der Waals surface area contributed by atoms with Gasteiger partial charge in [0, 0.05) is 0 Å². The molecule has 0 saturated carbocycles.